The van der Waals surface area contributed by atoms with Crippen molar-refractivity contribution in [3.8, 4) is 11.3 Å². The van der Waals surface area contributed by atoms with E-state index in [4.69, 9.17) is 0 Å². The van der Waals surface area contributed by atoms with E-state index < -0.39 is 0 Å². The molecule has 3 aromatic carbocycles. The van der Waals surface area contributed by atoms with Gasteiger partial charge in [-0.1, -0.05) is 72.8 Å². The highest BCUT2D eigenvalue weighted by Gasteiger charge is 2.09. The summed E-state index contributed by atoms with van der Waals surface area (Å²) >= 11 is 1.43. The van der Waals surface area contributed by atoms with Crippen LogP contribution >= 0.6 is 11.3 Å². The molecule has 0 aliphatic heterocycles. The van der Waals surface area contributed by atoms with Crippen molar-refractivity contribution in [2.24, 2.45) is 0 Å². The molecule has 0 radical (unpaired) electrons. The molecule has 0 bridgehead atoms. The average molecular weight is 356 g/mol. The van der Waals surface area contributed by atoms with Crippen LogP contribution in [0.2, 0.25) is 0 Å². The fourth-order valence-corrected chi connectivity index (χ4v) is 3.50. The van der Waals surface area contributed by atoms with Crippen molar-refractivity contribution in [1.82, 2.24) is 4.98 Å². The second kappa shape index (κ2) is 7.33. The Kier molecular flexibility index (Phi) is 4.58. The molecule has 1 aromatic heterocycles. The van der Waals surface area contributed by atoms with E-state index in [0.29, 0.717) is 5.13 Å². The summed E-state index contributed by atoms with van der Waals surface area (Å²) in [5.41, 5.74) is 2.92. The number of carbonyl (C=O) groups is 1. The smallest absolute Gasteiger partial charge is 0.250 e. The molecule has 0 aliphatic carbocycles. The summed E-state index contributed by atoms with van der Waals surface area (Å²) in [5, 5.41) is 7.73. The van der Waals surface area contributed by atoms with Crippen LogP contribution in [0.25, 0.3) is 28.1 Å². The molecule has 1 heterocycles. The minimum Gasteiger partial charge on any atom is -0.298 e. The van der Waals surface area contributed by atoms with Gasteiger partial charge in [-0.05, 0) is 22.4 Å². The highest BCUT2D eigenvalue weighted by atomic mass is 32.1. The maximum absolute atomic E-state index is 12.1. The fraction of sp³-hybridized carbons (Fsp3) is 0. The number of aromatic nitrogens is 1. The van der Waals surface area contributed by atoms with E-state index >= 15 is 0 Å². The molecular formula is C22H16N2OS. The van der Waals surface area contributed by atoms with E-state index in [0.717, 1.165) is 22.2 Å². The summed E-state index contributed by atoms with van der Waals surface area (Å²) in [7, 11) is 0. The van der Waals surface area contributed by atoms with Crippen LogP contribution in [-0.4, -0.2) is 10.9 Å². The largest absolute Gasteiger partial charge is 0.298 e. The van der Waals surface area contributed by atoms with E-state index in [1.54, 1.807) is 6.08 Å². The summed E-state index contributed by atoms with van der Waals surface area (Å²) in [5.74, 6) is -0.187. The summed E-state index contributed by atoms with van der Waals surface area (Å²) in [6.45, 7) is 0. The molecule has 0 fully saturated rings. The Balaban J connectivity index is 1.53. The second-order valence-electron chi connectivity index (χ2n) is 5.80. The number of hydrogen-bond donors (Lipinski definition) is 1. The van der Waals surface area contributed by atoms with Gasteiger partial charge in [-0.3, -0.25) is 10.1 Å². The number of thiazole rings is 1. The first-order chi connectivity index (χ1) is 12.8. The molecule has 4 heteroatoms. The van der Waals surface area contributed by atoms with Gasteiger partial charge in [-0.2, -0.15) is 0 Å². The van der Waals surface area contributed by atoms with E-state index in [-0.39, 0.29) is 5.91 Å². The van der Waals surface area contributed by atoms with Crippen LogP contribution < -0.4 is 5.32 Å². The zero-order chi connectivity index (χ0) is 17.8. The van der Waals surface area contributed by atoms with Gasteiger partial charge in [0, 0.05) is 17.0 Å². The van der Waals surface area contributed by atoms with Gasteiger partial charge >= 0.3 is 0 Å². The minimum atomic E-state index is -0.187. The maximum atomic E-state index is 12.1. The number of benzene rings is 3. The predicted octanol–water partition coefficient (Wildman–Crippen LogP) is 5.62. The zero-order valence-electron chi connectivity index (χ0n) is 13.9. The van der Waals surface area contributed by atoms with Gasteiger partial charge in [0.15, 0.2) is 5.13 Å². The SMILES string of the molecule is O=C(C=Cc1ccccc1)Nc1nc(-c2cccc3ccccc23)cs1. The molecule has 26 heavy (non-hydrogen) atoms. The molecule has 3 nitrogen and oxygen atoms in total. The van der Waals surface area contributed by atoms with Crippen LogP contribution in [-0.2, 0) is 4.79 Å². The molecule has 1 amide bonds. The quantitative estimate of drug-likeness (QED) is 0.483. The van der Waals surface area contributed by atoms with Gasteiger partial charge in [0.05, 0.1) is 5.69 Å². The average Bonchev–Trinajstić information content (AvgIpc) is 3.15. The molecule has 0 saturated carbocycles. The van der Waals surface area contributed by atoms with Gasteiger partial charge < -0.3 is 0 Å². The highest BCUT2D eigenvalue weighted by Crippen LogP contribution is 2.30. The Bertz CT molecular complexity index is 1080. The Labute approximate surface area is 155 Å². The lowest BCUT2D eigenvalue weighted by atomic mass is 10.0. The molecule has 0 unspecified atom stereocenters. The third-order valence-electron chi connectivity index (χ3n) is 4.03. The summed E-state index contributed by atoms with van der Waals surface area (Å²) in [6, 6.07) is 24.1. The van der Waals surface area contributed by atoms with Crippen LogP contribution in [0.3, 0.4) is 0 Å². The van der Waals surface area contributed by atoms with Crippen molar-refractivity contribution < 1.29 is 4.79 Å². The Morgan fingerprint density at radius 3 is 2.58 bits per heavy atom. The topological polar surface area (TPSA) is 42.0 Å². The predicted molar refractivity (Wildman–Crippen MR) is 109 cm³/mol. The van der Waals surface area contributed by atoms with Gasteiger partial charge in [0.25, 0.3) is 0 Å². The lowest BCUT2D eigenvalue weighted by Crippen LogP contribution is -2.07. The Morgan fingerprint density at radius 1 is 0.923 bits per heavy atom. The molecule has 126 valence electrons. The van der Waals surface area contributed by atoms with E-state index in [9.17, 15) is 4.79 Å². The molecule has 0 saturated heterocycles. The number of amides is 1. The lowest BCUT2D eigenvalue weighted by molar-refractivity contribution is -0.111. The minimum absolute atomic E-state index is 0.187. The second-order valence-corrected chi connectivity index (χ2v) is 6.66. The lowest BCUT2D eigenvalue weighted by Gasteiger charge is -2.03. The maximum Gasteiger partial charge on any atom is 0.250 e. The first-order valence-corrected chi connectivity index (χ1v) is 9.15. The number of nitrogens with zero attached hydrogens (tertiary/aromatic N) is 1. The van der Waals surface area contributed by atoms with Crippen LogP contribution in [0.1, 0.15) is 5.56 Å². The summed E-state index contributed by atoms with van der Waals surface area (Å²) in [6.07, 6.45) is 3.31. The van der Waals surface area contributed by atoms with Gasteiger partial charge in [0.1, 0.15) is 0 Å². The van der Waals surface area contributed by atoms with Crippen molar-refractivity contribution in [2.75, 3.05) is 5.32 Å². The Hall–Kier alpha value is -3.24. The van der Waals surface area contributed by atoms with Crippen molar-refractivity contribution in [3.63, 3.8) is 0 Å². The monoisotopic (exact) mass is 356 g/mol. The third-order valence-corrected chi connectivity index (χ3v) is 4.78. The van der Waals surface area contributed by atoms with Gasteiger partial charge in [-0.15, -0.1) is 11.3 Å². The molecule has 4 rings (SSSR count). The number of fused-ring (bicyclic) bond motifs is 1. The zero-order valence-corrected chi connectivity index (χ0v) is 14.7. The van der Waals surface area contributed by atoms with Crippen molar-refractivity contribution in [1.29, 1.82) is 0 Å². The van der Waals surface area contributed by atoms with Crippen molar-refractivity contribution >= 4 is 39.2 Å². The molecule has 4 aromatic rings. The normalized spacial score (nSPS) is 11.1. The molecular weight excluding hydrogens is 340 g/mol. The number of hydrogen-bond acceptors (Lipinski definition) is 3. The molecule has 1 N–H and O–H groups in total. The summed E-state index contributed by atoms with van der Waals surface area (Å²) < 4.78 is 0. The van der Waals surface area contributed by atoms with Crippen molar-refractivity contribution in [2.45, 2.75) is 0 Å². The Morgan fingerprint density at radius 2 is 1.69 bits per heavy atom. The van der Waals surface area contributed by atoms with Crippen LogP contribution in [0.15, 0.2) is 84.3 Å². The summed E-state index contributed by atoms with van der Waals surface area (Å²) in [4.78, 5) is 16.7. The molecule has 0 aliphatic rings. The number of nitrogens with one attached hydrogen (secondary N) is 1. The van der Waals surface area contributed by atoms with Crippen LogP contribution in [0, 0.1) is 0 Å². The standard InChI is InChI=1S/C22H16N2OS/c25-21(14-13-16-7-2-1-3-8-16)24-22-23-20(15-26-22)19-12-6-10-17-9-4-5-11-18(17)19/h1-15H,(H,23,24,25). The first kappa shape index (κ1) is 16.2. The number of carbonyl (C=O) groups excluding carboxylic acids is 1. The van der Waals surface area contributed by atoms with E-state index in [1.807, 2.05) is 53.9 Å². The van der Waals surface area contributed by atoms with Crippen LogP contribution in [0.4, 0.5) is 5.13 Å². The van der Waals surface area contributed by atoms with E-state index in [1.165, 1.54) is 22.8 Å². The highest BCUT2D eigenvalue weighted by molar-refractivity contribution is 7.14. The third kappa shape index (κ3) is 3.55. The van der Waals surface area contributed by atoms with E-state index in [2.05, 4.69) is 34.6 Å². The molecule has 0 spiro atoms. The fourth-order valence-electron chi connectivity index (χ4n) is 2.79. The van der Waals surface area contributed by atoms with Gasteiger partial charge in [0.2, 0.25) is 5.91 Å². The first-order valence-electron chi connectivity index (χ1n) is 8.27. The van der Waals surface area contributed by atoms with Gasteiger partial charge in [-0.25, -0.2) is 4.98 Å². The van der Waals surface area contributed by atoms with Crippen molar-refractivity contribution in [3.05, 3.63) is 89.8 Å². The number of rotatable bonds is 4. The molecule has 0 atom stereocenters. The number of anilines is 1. The van der Waals surface area contributed by atoms with Crippen LogP contribution in [0.5, 0.6) is 0 Å².